The standard InChI is InChI=1S/C3H5N7/c4-1-6-3-8-7-2(5)10(3)9-1/h2H,5H2,(H2,4,9)/t2-/m0/s1. The maximum Gasteiger partial charge on any atom is 0.272 e. The lowest BCUT2D eigenvalue weighted by molar-refractivity contribution is 0.515. The molecule has 0 fully saturated rings. The summed E-state index contributed by atoms with van der Waals surface area (Å²) in [4.78, 5) is 3.73. The lowest BCUT2D eigenvalue weighted by Crippen LogP contribution is -2.13. The third-order valence-corrected chi connectivity index (χ3v) is 1.15. The van der Waals surface area contributed by atoms with Crippen LogP contribution in [0.25, 0.3) is 0 Å². The average Bonchev–Trinajstić information content (AvgIpc) is 2.35. The number of azo groups is 1. The van der Waals surface area contributed by atoms with Crippen LogP contribution in [0.15, 0.2) is 10.2 Å². The van der Waals surface area contributed by atoms with E-state index in [0.29, 0.717) is 5.95 Å². The Bertz CT molecular complexity index is 285. The Morgan fingerprint density at radius 3 is 3.00 bits per heavy atom. The summed E-state index contributed by atoms with van der Waals surface area (Å²) in [6, 6.07) is 0. The van der Waals surface area contributed by atoms with Gasteiger partial charge in [-0.1, -0.05) is 0 Å². The first-order chi connectivity index (χ1) is 4.77. The fourth-order valence-corrected chi connectivity index (χ4v) is 0.736. The van der Waals surface area contributed by atoms with Crippen molar-refractivity contribution in [3.8, 4) is 0 Å². The third kappa shape index (κ3) is 0.517. The van der Waals surface area contributed by atoms with Gasteiger partial charge in [-0.25, -0.2) is 0 Å². The van der Waals surface area contributed by atoms with Crippen molar-refractivity contribution < 1.29 is 0 Å². The van der Waals surface area contributed by atoms with Crippen LogP contribution >= 0.6 is 0 Å². The summed E-state index contributed by atoms with van der Waals surface area (Å²) in [5, 5.41) is 10.9. The van der Waals surface area contributed by atoms with Gasteiger partial charge in [0.2, 0.25) is 12.2 Å². The molecule has 7 nitrogen and oxygen atoms in total. The summed E-state index contributed by atoms with van der Waals surface area (Å²) in [5.74, 6) is 0.536. The first kappa shape index (κ1) is 5.30. The minimum Gasteiger partial charge on any atom is -0.366 e. The monoisotopic (exact) mass is 139 g/mol. The van der Waals surface area contributed by atoms with Crippen molar-refractivity contribution in [3.05, 3.63) is 0 Å². The number of aromatic nitrogens is 3. The molecule has 1 aromatic rings. The fourth-order valence-electron chi connectivity index (χ4n) is 0.736. The van der Waals surface area contributed by atoms with Crippen LogP contribution in [-0.4, -0.2) is 14.8 Å². The lowest BCUT2D eigenvalue weighted by Gasteiger charge is -1.95. The molecule has 1 atom stereocenters. The highest BCUT2D eigenvalue weighted by Gasteiger charge is 2.18. The molecule has 0 aromatic carbocycles. The van der Waals surface area contributed by atoms with Gasteiger partial charge in [-0.2, -0.15) is 9.67 Å². The summed E-state index contributed by atoms with van der Waals surface area (Å²) >= 11 is 0. The molecule has 0 saturated carbocycles. The Hall–Kier alpha value is -1.50. The first-order valence-electron chi connectivity index (χ1n) is 2.66. The van der Waals surface area contributed by atoms with Crippen molar-refractivity contribution >= 4 is 11.9 Å². The molecule has 0 spiro atoms. The molecule has 0 radical (unpaired) electrons. The van der Waals surface area contributed by atoms with Crippen LogP contribution in [0, 0.1) is 0 Å². The summed E-state index contributed by atoms with van der Waals surface area (Å²) in [6.07, 6.45) is -0.556. The quantitative estimate of drug-likeness (QED) is 0.498. The maximum atomic E-state index is 5.40. The van der Waals surface area contributed by atoms with Crippen LogP contribution in [0.4, 0.5) is 11.9 Å². The number of fused-ring (bicyclic) bond motifs is 1. The second-order valence-corrected chi connectivity index (χ2v) is 1.84. The van der Waals surface area contributed by atoms with Crippen molar-refractivity contribution in [3.63, 3.8) is 0 Å². The van der Waals surface area contributed by atoms with E-state index in [4.69, 9.17) is 11.5 Å². The number of nitrogens with two attached hydrogens (primary N) is 2. The molecule has 0 saturated heterocycles. The van der Waals surface area contributed by atoms with Crippen LogP contribution in [-0.2, 0) is 0 Å². The minimum absolute atomic E-state index is 0.170. The van der Waals surface area contributed by atoms with E-state index in [1.54, 1.807) is 0 Å². The number of nitrogens with zero attached hydrogens (tertiary/aromatic N) is 5. The predicted molar refractivity (Wildman–Crippen MR) is 32.2 cm³/mol. The number of hydrogen-bond acceptors (Lipinski definition) is 6. The Morgan fingerprint density at radius 1 is 1.50 bits per heavy atom. The first-order valence-corrected chi connectivity index (χ1v) is 2.66. The van der Waals surface area contributed by atoms with Gasteiger partial charge in [-0.15, -0.1) is 15.3 Å². The van der Waals surface area contributed by atoms with Crippen LogP contribution < -0.4 is 11.5 Å². The van der Waals surface area contributed by atoms with E-state index in [9.17, 15) is 0 Å². The van der Waals surface area contributed by atoms with Crippen LogP contribution in [0.5, 0.6) is 0 Å². The van der Waals surface area contributed by atoms with Gasteiger partial charge in [0, 0.05) is 0 Å². The molecule has 1 aromatic heterocycles. The number of hydrogen-bond donors (Lipinski definition) is 2. The summed E-state index contributed by atoms with van der Waals surface area (Å²) in [5.41, 5.74) is 10.7. The highest BCUT2D eigenvalue weighted by Crippen LogP contribution is 2.21. The molecule has 1 aliphatic heterocycles. The van der Waals surface area contributed by atoms with Crippen molar-refractivity contribution in [1.29, 1.82) is 0 Å². The highest BCUT2D eigenvalue weighted by molar-refractivity contribution is 5.26. The van der Waals surface area contributed by atoms with Gasteiger partial charge < -0.3 is 5.73 Å². The molecule has 2 heterocycles. The normalized spacial score (nSPS) is 21.5. The van der Waals surface area contributed by atoms with Gasteiger partial charge >= 0.3 is 0 Å². The number of nitrogen functional groups attached to an aromatic ring is 1. The smallest absolute Gasteiger partial charge is 0.272 e. The molecule has 7 heteroatoms. The Kier molecular flexibility index (Phi) is 0.798. The van der Waals surface area contributed by atoms with E-state index >= 15 is 0 Å². The molecule has 0 bridgehead atoms. The topological polar surface area (TPSA) is 107 Å². The summed E-state index contributed by atoms with van der Waals surface area (Å²) in [6.45, 7) is 0. The second-order valence-electron chi connectivity index (χ2n) is 1.84. The number of rotatable bonds is 0. The molecule has 2 rings (SSSR count). The van der Waals surface area contributed by atoms with Gasteiger partial charge in [0.05, 0.1) is 0 Å². The van der Waals surface area contributed by atoms with Gasteiger partial charge in [0.15, 0.2) is 0 Å². The van der Waals surface area contributed by atoms with E-state index in [1.165, 1.54) is 4.68 Å². The molecule has 52 valence electrons. The van der Waals surface area contributed by atoms with Gasteiger partial charge in [0.1, 0.15) is 0 Å². The van der Waals surface area contributed by atoms with Crippen LogP contribution in [0.2, 0.25) is 0 Å². The van der Waals surface area contributed by atoms with Gasteiger partial charge in [0.25, 0.3) is 5.95 Å². The molecule has 10 heavy (non-hydrogen) atoms. The van der Waals surface area contributed by atoms with Crippen molar-refractivity contribution in [2.24, 2.45) is 16.0 Å². The van der Waals surface area contributed by atoms with E-state index in [0.717, 1.165) is 0 Å². The molecular formula is C3H5N7. The van der Waals surface area contributed by atoms with Crippen molar-refractivity contribution in [2.75, 3.05) is 5.73 Å². The number of anilines is 1. The largest absolute Gasteiger partial charge is 0.366 e. The Labute approximate surface area is 55.7 Å². The molecule has 1 aliphatic rings. The maximum absolute atomic E-state index is 5.40. The van der Waals surface area contributed by atoms with Crippen LogP contribution in [0.1, 0.15) is 6.29 Å². The zero-order valence-electron chi connectivity index (χ0n) is 4.97. The highest BCUT2D eigenvalue weighted by atomic mass is 15.6. The fraction of sp³-hybridized carbons (Fsp3) is 0.333. The molecule has 4 N–H and O–H groups in total. The van der Waals surface area contributed by atoms with Crippen LogP contribution in [0.3, 0.4) is 0 Å². The van der Waals surface area contributed by atoms with Gasteiger partial charge in [-0.3, -0.25) is 5.73 Å². The van der Waals surface area contributed by atoms with E-state index in [-0.39, 0.29) is 5.95 Å². The molecule has 0 aliphatic carbocycles. The van der Waals surface area contributed by atoms with E-state index in [1.807, 2.05) is 0 Å². The van der Waals surface area contributed by atoms with E-state index < -0.39 is 6.29 Å². The van der Waals surface area contributed by atoms with E-state index in [2.05, 4.69) is 20.3 Å². The third-order valence-electron chi connectivity index (χ3n) is 1.15. The average molecular weight is 139 g/mol. The molecular weight excluding hydrogens is 134 g/mol. The minimum atomic E-state index is -0.556. The Morgan fingerprint density at radius 2 is 2.30 bits per heavy atom. The molecule has 0 amide bonds. The summed E-state index contributed by atoms with van der Waals surface area (Å²) in [7, 11) is 0. The molecule has 0 unspecified atom stereocenters. The summed E-state index contributed by atoms with van der Waals surface area (Å²) < 4.78 is 1.36. The SMILES string of the molecule is Nc1nc2n(n1)[C@@H](N)N=N2. The lowest BCUT2D eigenvalue weighted by atomic mass is 10.9. The zero-order chi connectivity index (χ0) is 7.14. The van der Waals surface area contributed by atoms with Crippen molar-refractivity contribution in [2.45, 2.75) is 6.29 Å². The van der Waals surface area contributed by atoms with Gasteiger partial charge in [-0.05, 0) is 0 Å². The predicted octanol–water partition coefficient (Wildman–Crippen LogP) is -0.628. The zero-order valence-corrected chi connectivity index (χ0v) is 4.97. The second kappa shape index (κ2) is 1.51. The van der Waals surface area contributed by atoms with Crippen molar-refractivity contribution in [1.82, 2.24) is 14.8 Å². The Balaban J connectivity index is 2.58.